The molecule has 0 saturated heterocycles. The average Bonchev–Trinajstić information content (AvgIpc) is 2.74. The highest BCUT2D eigenvalue weighted by molar-refractivity contribution is 9.10. The molecule has 1 unspecified atom stereocenters. The highest BCUT2D eigenvalue weighted by Gasteiger charge is 2.32. The summed E-state index contributed by atoms with van der Waals surface area (Å²) in [5.74, 6) is -2.67. The van der Waals surface area contributed by atoms with Crippen LogP contribution in [0.1, 0.15) is 29.9 Å². The Bertz CT molecular complexity index is 1200. The number of esters is 1. The summed E-state index contributed by atoms with van der Waals surface area (Å²) in [5.41, 5.74) is 6.87. The standard InChI is InChI=1S/C22H17BrFN3O5/c23-16-7-12-4-5-20(29)27(22(25)31)17(12)9-18(16)32-21(30)15-10-26-19(28)8-14(15)11-2-1-3-13(24)6-11/h1-3,6-7,9-10,14H,4-5,8H2,(H2,25,31)(H,26,28). The number of benzene rings is 2. The average molecular weight is 502 g/mol. The first-order valence-electron chi connectivity index (χ1n) is 9.66. The normalized spacial score (nSPS) is 17.9. The molecule has 2 aromatic rings. The van der Waals surface area contributed by atoms with Crippen molar-refractivity contribution in [1.82, 2.24) is 5.32 Å². The van der Waals surface area contributed by atoms with Gasteiger partial charge in [0, 0.05) is 31.0 Å². The highest BCUT2D eigenvalue weighted by Crippen LogP contribution is 2.38. The van der Waals surface area contributed by atoms with Gasteiger partial charge in [-0.15, -0.1) is 0 Å². The number of anilines is 1. The van der Waals surface area contributed by atoms with E-state index in [1.54, 1.807) is 12.1 Å². The van der Waals surface area contributed by atoms with Gasteiger partial charge in [0.1, 0.15) is 11.6 Å². The Balaban J connectivity index is 1.66. The van der Waals surface area contributed by atoms with E-state index in [2.05, 4.69) is 21.2 Å². The molecule has 164 valence electrons. The van der Waals surface area contributed by atoms with Crippen LogP contribution in [-0.2, 0) is 20.8 Å². The van der Waals surface area contributed by atoms with E-state index in [-0.39, 0.29) is 35.8 Å². The Morgan fingerprint density at radius 1 is 1.19 bits per heavy atom. The SMILES string of the molecule is NC(=O)N1C(=O)CCc2cc(Br)c(OC(=O)C3=CNC(=O)CC3c3cccc(F)c3)cc21. The van der Waals surface area contributed by atoms with Crippen LogP contribution in [0.4, 0.5) is 14.9 Å². The number of hydrogen-bond donors (Lipinski definition) is 2. The number of primary amides is 1. The molecule has 32 heavy (non-hydrogen) atoms. The van der Waals surface area contributed by atoms with Crippen molar-refractivity contribution in [3.8, 4) is 5.75 Å². The highest BCUT2D eigenvalue weighted by atomic mass is 79.9. The first-order chi connectivity index (χ1) is 15.2. The van der Waals surface area contributed by atoms with E-state index in [0.29, 0.717) is 22.0 Å². The molecule has 2 aliphatic heterocycles. The third-order valence-corrected chi connectivity index (χ3v) is 5.91. The molecule has 4 rings (SSSR count). The van der Waals surface area contributed by atoms with Gasteiger partial charge < -0.3 is 15.8 Å². The minimum absolute atomic E-state index is 0.0559. The van der Waals surface area contributed by atoms with Crippen molar-refractivity contribution in [1.29, 1.82) is 0 Å². The van der Waals surface area contributed by atoms with Crippen LogP contribution in [-0.4, -0.2) is 23.8 Å². The maximum atomic E-state index is 13.7. The van der Waals surface area contributed by atoms with Gasteiger partial charge in [-0.25, -0.2) is 18.9 Å². The molecule has 0 aliphatic carbocycles. The van der Waals surface area contributed by atoms with Crippen molar-refractivity contribution in [3.63, 3.8) is 0 Å². The van der Waals surface area contributed by atoms with Gasteiger partial charge in [-0.2, -0.15) is 0 Å². The molecule has 2 aliphatic rings. The zero-order chi connectivity index (χ0) is 23.0. The van der Waals surface area contributed by atoms with Gasteiger partial charge in [0.15, 0.2) is 0 Å². The summed E-state index contributed by atoms with van der Waals surface area (Å²) in [6.07, 6.45) is 1.72. The molecule has 2 aromatic carbocycles. The van der Waals surface area contributed by atoms with Crippen LogP contribution in [0.15, 0.2) is 52.6 Å². The number of nitrogens with zero attached hydrogens (tertiary/aromatic N) is 1. The van der Waals surface area contributed by atoms with E-state index < -0.39 is 29.6 Å². The van der Waals surface area contributed by atoms with Gasteiger partial charge in [0.05, 0.1) is 15.7 Å². The van der Waals surface area contributed by atoms with Crippen molar-refractivity contribution < 1.29 is 28.3 Å². The maximum absolute atomic E-state index is 13.7. The van der Waals surface area contributed by atoms with Gasteiger partial charge in [0.25, 0.3) is 0 Å². The van der Waals surface area contributed by atoms with Crippen LogP contribution in [0.3, 0.4) is 0 Å². The number of hydrogen-bond acceptors (Lipinski definition) is 5. The van der Waals surface area contributed by atoms with E-state index in [9.17, 15) is 23.6 Å². The second-order valence-corrected chi connectivity index (χ2v) is 8.20. The molecule has 1 atom stereocenters. The number of ether oxygens (including phenoxy) is 1. The minimum atomic E-state index is -0.931. The summed E-state index contributed by atoms with van der Waals surface area (Å²) in [4.78, 5) is 49.7. The molecule has 4 amide bonds. The topological polar surface area (TPSA) is 119 Å². The van der Waals surface area contributed by atoms with Crippen LogP contribution in [0.25, 0.3) is 0 Å². The van der Waals surface area contributed by atoms with Gasteiger partial charge in [-0.05, 0) is 51.7 Å². The van der Waals surface area contributed by atoms with E-state index in [0.717, 1.165) is 4.90 Å². The van der Waals surface area contributed by atoms with Crippen LogP contribution in [0.5, 0.6) is 5.75 Å². The van der Waals surface area contributed by atoms with Crippen LogP contribution < -0.4 is 20.7 Å². The Morgan fingerprint density at radius 3 is 2.69 bits per heavy atom. The molecular formula is C22H17BrFN3O5. The van der Waals surface area contributed by atoms with E-state index in [1.165, 1.54) is 30.5 Å². The van der Waals surface area contributed by atoms with Crippen molar-refractivity contribution >= 4 is 45.4 Å². The lowest BCUT2D eigenvalue weighted by molar-refractivity contribution is -0.131. The number of carbonyl (C=O) groups excluding carboxylic acids is 4. The van der Waals surface area contributed by atoms with Crippen molar-refractivity contribution in [2.45, 2.75) is 25.2 Å². The summed E-state index contributed by atoms with van der Waals surface area (Å²) in [5, 5.41) is 2.48. The van der Waals surface area contributed by atoms with Crippen molar-refractivity contribution in [2.75, 3.05) is 4.90 Å². The fourth-order valence-electron chi connectivity index (χ4n) is 3.79. The molecule has 0 bridgehead atoms. The Morgan fingerprint density at radius 2 is 1.97 bits per heavy atom. The number of fused-ring (bicyclic) bond motifs is 1. The summed E-state index contributed by atoms with van der Waals surface area (Å²) < 4.78 is 19.7. The Labute approximate surface area is 190 Å². The molecule has 0 saturated carbocycles. The third kappa shape index (κ3) is 4.13. The largest absolute Gasteiger partial charge is 0.422 e. The number of nitrogens with one attached hydrogen (secondary N) is 1. The number of rotatable bonds is 3. The number of urea groups is 1. The molecule has 0 fully saturated rings. The third-order valence-electron chi connectivity index (χ3n) is 5.30. The lowest BCUT2D eigenvalue weighted by Gasteiger charge is -2.27. The zero-order valence-corrected chi connectivity index (χ0v) is 18.1. The number of halogens is 2. The van der Waals surface area contributed by atoms with Crippen LogP contribution in [0, 0.1) is 5.82 Å². The first kappa shape index (κ1) is 21.7. The second-order valence-electron chi connectivity index (χ2n) is 7.35. The molecule has 0 spiro atoms. The molecule has 0 aromatic heterocycles. The molecule has 3 N–H and O–H groups in total. The van der Waals surface area contributed by atoms with Gasteiger partial charge in [0.2, 0.25) is 11.8 Å². The number of amides is 4. The maximum Gasteiger partial charge on any atom is 0.341 e. The molecule has 10 heteroatoms. The lowest BCUT2D eigenvalue weighted by atomic mass is 9.86. The molecule has 0 radical (unpaired) electrons. The van der Waals surface area contributed by atoms with E-state index in [4.69, 9.17) is 10.5 Å². The molecule has 8 nitrogen and oxygen atoms in total. The lowest BCUT2D eigenvalue weighted by Crippen LogP contribution is -2.43. The van der Waals surface area contributed by atoms with Crippen molar-refractivity contribution in [2.24, 2.45) is 5.73 Å². The number of aryl methyl sites for hydroxylation is 1. The van der Waals surface area contributed by atoms with Crippen LogP contribution >= 0.6 is 15.9 Å². The fourth-order valence-corrected chi connectivity index (χ4v) is 4.27. The predicted molar refractivity (Wildman–Crippen MR) is 115 cm³/mol. The van der Waals surface area contributed by atoms with Crippen LogP contribution in [0.2, 0.25) is 0 Å². The first-order valence-corrected chi connectivity index (χ1v) is 10.5. The summed E-state index contributed by atoms with van der Waals surface area (Å²) in [6, 6.07) is 7.76. The second kappa shape index (κ2) is 8.54. The number of imide groups is 1. The zero-order valence-electron chi connectivity index (χ0n) is 16.6. The Kier molecular flexibility index (Phi) is 5.79. The quantitative estimate of drug-likeness (QED) is 0.494. The summed E-state index contributed by atoms with van der Waals surface area (Å²) >= 11 is 3.34. The minimum Gasteiger partial charge on any atom is -0.422 e. The van der Waals surface area contributed by atoms with Gasteiger partial charge in [-0.3, -0.25) is 9.59 Å². The monoisotopic (exact) mass is 501 g/mol. The van der Waals surface area contributed by atoms with E-state index in [1.807, 2.05) is 0 Å². The van der Waals surface area contributed by atoms with Gasteiger partial charge >= 0.3 is 12.0 Å². The van der Waals surface area contributed by atoms with Crippen molar-refractivity contribution in [3.05, 3.63) is 69.6 Å². The summed E-state index contributed by atoms with van der Waals surface area (Å²) in [7, 11) is 0. The molecule has 2 heterocycles. The number of nitrogens with two attached hydrogens (primary N) is 1. The smallest absolute Gasteiger partial charge is 0.341 e. The molecular weight excluding hydrogens is 485 g/mol. The predicted octanol–water partition coefficient (Wildman–Crippen LogP) is 3.04. The fraction of sp³-hybridized carbons (Fsp3) is 0.182. The summed E-state index contributed by atoms with van der Waals surface area (Å²) in [6.45, 7) is 0. The van der Waals surface area contributed by atoms with Gasteiger partial charge in [-0.1, -0.05) is 12.1 Å². The Hall–Kier alpha value is -3.53. The van der Waals surface area contributed by atoms with E-state index >= 15 is 0 Å². The number of carbonyl (C=O) groups is 4.